The van der Waals surface area contributed by atoms with Crippen LogP contribution in [0.15, 0.2) is 0 Å². The Bertz CT molecular complexity index is 163. The molecule has 0 N–H and O–H groups in total. The lowest BCUT2D eigenvalue weighted by molar-refractivity contribution is 0.0281. The standard InChI is InChI=1S/C10H20FNO/c1-4-10(11)7-12(9(2)3)5-6-13-8-10/h9H,4-8H2,1-3H3/t10-/m1/s1. The number of alkyl halides is 1. The summed E-state index contributed by atoms with van der Waals surface area (Å²) in [5.74, 6) is 0. The van der Waals surface area contributed by atoms with Crippen LogP contribution in [0.1, 0.15) is 27.2 Å². The predicted octanol–water partition coefficient (Wildman–Crippen LogP) is 1.85. The Hall–Kier alpha value is -0.150. The molecule has 0 aromatic heterocycles. The Morgan fingerprint density at radius 1 is 1.54 bits per heavy atom. The molecule has 78 valence electrons. The van der Waals surface area contributed by atoms with Crippen LogP contribution in [-0.2, 0) is 4.74 Å². The van der Waals surface area contributed by atoms with Gasteiger partial charge in [-0.2, -0.15) is 0 Å². The first kappa shape index (κ1) is 10.9. The van der Waals surface area contributed by atoms with E-state index in [1.165, 1.54) is 0 Å². The maximum atomic E-state index is 14.0. The van der Waals surface area contributed by atoms with E-state index in [-0.39, 0.29) is 6.61 Å². The quantitative estimate of drug-likeness (QED) is 0.657. The van der Waals surface area contributed by atoms with Crippen molar-refractivity contribution in [3.8, 4) is 0 Å². The molecule has 1 atom stereocenters. The van der Waals surface area contributed by atoms with Crippen molar-refractivity contribution >= 4 is 0 Å². The Labute approximate surface area is 80.1 Å². The fraction of sp³-hybridized carbons (Fsp3) is 1.00. The van der Waals surface area contributed by atoms with Crippen molar-refractivity contribution in [3.63, 3.8) is 0 Å². The number of rotatable bonds is 2. The minimum atomic E-state index is -1.14. The Balaban J connectivity index is 2.59. The zero-order valence-electron chi connectivity index (χ0n) is 8.85. The van der Waals surface area contributed by atoms with Gasteiger partial charge in [0.15, 0.2) is 0 Å². The van der Waals surface area contributed by atoms with Gasteiger partial charge >= 0.3 is 0 Å². The molecular weight excluding hydrogens is 169 g/mol. The molecule has 0 saturated carbocycles. The fourth-order valence-corrected chi connectivity index (χ4v) is 1.58. The van der Waals surface area contributed by atoms with E-state index in [9.17, 15) is 4.39 Å². The lowest BCUT2D eigenvalue weighted by Gasteiger charge is -2.30. The smallest absolute Gasteiger partial charge is 0.146 e. The van der Waals surface area contributed by atoms with E-state index in [1.54, 1.807) is 0 Å². The molecule has 2 nitrogen and oxygen atoms in total. The van der Waals surface area contributed by atoms with Crippen molar-refractivity contribution in [1.82, 2.24) is 4.90 Å². The van der Waals surface area contributed by atoms with E-state index in [1.807, 2.05) is 6.92 Å². The summed E-state index contributed by atoms with van der Waals surface area (Å²) in [6, 6.07) is 0.406. The molecule has 13 heavy (non-hydrogen) atoms. The number of hydrogen-bond acceptors (Lipinski definition) is 2. The number of nitrogens with zero attached hydrogens (tertiary/aromatic N) is 1. The largest absolute Gasteiger partial charge is 0.377 e. The van der Waals surface area contributed by atoms with Crippen molar-refractivity contribution < 1.29 is 9.13 Å². The molecular formula is C10H20FNO. The van der Waals surface area contributed by atoms with E-state index < -0.39 is 5.67 Å². The minimum absolute atomic E-state index is 0.257. The molecule has 0 aromatic rings. The molecule has 0 unspecified atom stereocenters. The maximum absolute atomic E-state index is 14.0. The van der Waals surface area contributed by atoms with Crippen LogP contribution >= 0.6 is 0 Å². The summed E-state index contributed by atoms with van der Waals surface area (Å²) in [5, 5.41) is 0. The highest BCUT2D eigenvalue weighted by molar-refractivity contribution is 4.84. The van der Waals surface area contributed by atoms with E-state index in [2.05, 4.69) is 18.7 Å². The van der Waals surface area contributed by atoms with Gasteiger partial charge in [-0.1, -0.05) is 6.92 Å². The Morgan fingerprint density at radius 2 is 2.23 bits per heavy atom. The van der Waals surface area contributed by atoms with E-state index in [0.29, 0.717) is 25.6 Å². The Morgan fingerprint density at radius 3 is 2.77 bits per heavy atom. The van der Waals surface area contributed by atoms with Gasteiger partial charge in [-0.3, -0.25) is 4.90 Å². The first-order valence-electron chi connectivity index (χ1n) is 5.08. The van der Waals surface area contributed by atoms with Crippen molar-refractivity contribution in [2.75, 3.05) is 26.3 Å². The van der Waals surface area contributed by atoms with Gasteiger partial charge in [0.05, 0.1) is 13.2 Å². The van der Waals surface area contributed by atoms with Crippen LogP contribution in [-0.4, -0.2) is 42.9 Å². The highest BCUT2D eigenvalue weighted by Crippen LogP contribution is 2.21. The minimum Gasteiger partial charge on any atom is -0.377 e. The van der Waals surface area contributed by atoms with Crippen LogP contribution in [0.4, 0.5) is 4.39 Å². The van der Waals surface area contributed by atoms with E-state index in [4.69, 9.17) is 4.74 Å². The van der Waals surface area contributed by atoms with Gasteiger partial charge in [0.1, 0.15) is 5.67 Å². The number of ether oxygens (including phenoxy) is 1. The second kappa shape index (κ2) is 4.38. The van der Waals surface area contributed by atoms with Crippen molar-refractivity contribution in [2.45, 2.75) is 38.9 Å². The van der Waals surface area contributed by atoms with Crippen LogP contribution in [0.25, 0.3) is 0 Å². The molecule has 1 rings (SSSR count). The first-order valence-corrected chi connectivity index (χ1v) is 5.08. The van der Waals surface area contributed by atoms with Crippen LogP contribution in [0.5, 0.6) is 0 Å². The molecule has 0 aromatic carbocycles. The molecule has 1 saturated heterocycles. The molecule has 0 spiro atoms. The lowest BCUT2D eigenvalue weighted by Crippen LogP contribution is -2.43. The summed E-state index contributed by atoms with van der Waals surface area (Å²) >= 11 is 0. The van der Waals surface area contributed by atoms with Crippen LogP contribution < -0.4 is 0 Å². The zero-order valence-corrected chi connectivity index (χ0v) is 8.85. The topological polar surface area (TPSA) is 12.5 Å². The van der Waals surface area contributed by atoms with Gasteiger partial charge in [-0.25, -0.2) is 4.39 Å². The highest BCUT2D eigenvalue weighted by Gasteiger charge is 2.33. The average Bonchev–Trinajstić information content (AvgIpc) is 2.28. The van der Waals surface area contributed by atoms with Gasteiger partial charge in [0.2, 0.25) is 0 Å². The molecule has 0 radical (unpaired) electrons. The number of halogens is 1. The SMILES string of the molecule is CC[C@]1(F)COCCN(C(C)C)C1. The summed E-state index contributed by atoms with van der Waals surface area (Å²) in [4.78, 5) is 2.15. The molecule has 1 aliphatic heterocycles. The van der Waals surface area contributed by atoms with Gasteiger partial charge in [-0.05, 0) is 20.3 Å². The first-order chi connectivity index (χ1) is 6.07. The summed E-state index contributed by atoms with van der Waals surface area (Å²) in [5.41, 5.74) is -1.14. The van der Waals surface area contributed by atoms with Gasteiger partial charge < -0.3 is 4.74 Å². The van der Waals surface area contributed by atoms with Crippen LogP contribution in [0, 0.1) is 0 Å². The highest BCUT2D eigenvalue weighted by atomic mass is 19.1. The van der Waals surface area contributed by atoms with Crippen molar-refractivity contribution in [2.24, 2.45) is 0 Å². The molecule has 0 amide bonds. The molecule has 1 heterocycles. The average molecular weight is 189 g/mol. The zero-order chi connectivity index (χ0) is 9.90. The number of hydrogen-bond donors (Lipinski definition) is 0. The molecule has 1 aliphatic rings. The van der Waals surface area contributed by atoms with Gasteiger partial charge in [0.25, 0.3) is 0 Å². The van der Waals surface area contributed by atoms with Gasteiger partial charge in [-0.15, -0.1) is 0 Å². The third kappa shape index (κ3) is 2.92. The second-order valence-electron chi connectivity index (χ2n) is 4.12. The fourth-order valence-electron chi connectivity index (χ4n) is 1.58. The molecule has 0 bridgehead atoms. The maximum Gasteiger partial charge on any atom is 0.146 e. The lowest BCUT2D eigenvalue weighted by atomic mass is 10.0. The van der Waals surface area contributed by atoms with E-state index >= 15 is 0 Å². The molecule has 1 fully saturated rings. The molecule has 0 aliphatic carbocycles. The third-order valence-electron chi connectivity index (χ3n) is 2.73. The molecule has 3 heteroatoms. The van der Waals surface area contributed by atoms with Gasteiger partial charge in [0, 0.05) is 19.1 Å². The van der Waals surface area contributed by atoms with Crippen molar-refractivity contribution in [3.05, 3.63) is 0 Å². The summed E-state index contributed by atoms with van der Waals surface area (Å²) in [6.07, 6.45) is 0.538. The summed E-state index contributed by atoms with van der Waals surface area (Å²) in [7, 11) is 0. The normalized spacial score (nSPS) is 32.1. The summed E-state index contributed by atoms with van der Waals surface area (Å²) < 4.78 is 19.3. The Kier molecular flexibility index (Phi) is 3.68. The van der Waals surface area contributed by atoms with Crippen LogP contribution in [0.3, 0.4) is 0 Å². The van der Waals surface area contributed by atoms with Crippen LogP contribution in [0.2, 0.25) is 0 Å². The van der Waals surface area contributed by atoms with Crippen molar-refractivity contribution in [1.29, 1.82) is 0 Å². The monoisotopic (exact) mass is 189 g/mol. The second-order valence-corrected chi connectivity index (χ2v) is 4.12. The predicted molar refractivity (Wildman–Crippen MR) is 51.7 cm³/mol. The third-order valence-corrected chi connectivity index (χ3v) is 2.73. The summed E-state index contributed by atoms with van der Waals surface area (Å²) in [6.45, 7) is 8.36. The van der Waals surface area contributed by atoms with E-state index in [0.717, 1.165) is 6.54 Å².